The van der Waals surface area contributed by atoms with Crippen molar-refractivity contribution < 1.29 is 4.74 Å². The Labute approximate surface area is 72.3 Å². The van der Waals surface area contributed by atoms with Gasteiger partial charge in [-0.05, 0) is 35.4 Å². The molecule has 0 saturated heterocycles. The number of fused-ring (bicyclic) bond motifs is 1. The zero-order valence-corrected chi connectivity index (χ0v) is 7.51. The number of nitrogens with one attached hydrogen (secondary N) is 1. The van der Waals surface area contributed by atoms with Crippen molar-refractivity contribution in [2.45, 2.75) is 12.8 Å². The van der Waals surface area contributed by atoms with Gasteiger partial charge >= 0.3 is 0 Å². The minimum Gasteiger partial charge on any atom is -0.476 e. The fourth-order valence-electron chi connectivity index (χ4n) is 1.07. The number of imidazole rings is 1. The molecule has 1 aromatic heterocycles. The quantitative estimate of drug-likeness (QED) is 0.705. The van der Waals surface area contributed by atoms with Crippen molar-refractivity contribution in [2.24, 2.45) is 0 Å². The molecule has 1 aliphatic rings. The highest BCUT2D eigenvalue weighted by Crippen LogP contribution is 2.21. The summed E-state index contributed by atoms with van der Waals surface area (Å²) in [4.78, 5) is 7.31. The average Bonchev–Trinajstić information content (AvgIpc) is 2.27. The third-order valence-corrected chi connectivity index (χ3v) is 2.03. The van der Waals surface area contributed by atoms with E-state index in [9.17, 15) is 0 Å². The summed E-state index contributed by atoms with van der Waals surface area (Å²) in [5, 5.41) is 0. The first-order valence-corrected chi connectivity index (χ1v) is 4.31. The van der Waals surface area contributed by atoms with Crippen LogP contribution in [0.3, 0.4) is 0 Å². The summed E-state index contributed by atoms with van der Waals surface area (Å²) in [7, 11) is 0. The van der Waals surface area contributed by atoms with Crippen LogP contribution in [0.1, 0.15) is 12.1 Å². The second kappa shape index (κ2) is 2.41. The lowest BCUT2D eigenvalue weighted by Gasteiger charge is -2.09. The molecule has 1 aliphatic heterocycles. The number of hydrogen-bond donors (Lipinski definition) is 1. The van der Waals surface area contributed by atoms with Crippen molar-refractivity contribution in [2.75, 3.05) is 6.61 Å². The first-order chi connectivity index (χ1) is 4.86. The van der Waals surface area contributed by atoms with Crippen LogP contribution in [0, 0.1) is 3.83 Å². The Morgan fingerprint density at radius 2 is 2.50 bits per heavy atom. The smallest absolute Gasteiger partial charge is 0.235 e. The zero-order chi connectivity index (χ0) is 6.97. The van der Waals surface area contributed by atoms with Crippen molar-refractivity contribution in [3.63, 3.8) is 0 Å². The Bertz CT molecular complexity index is 222. The van der Waals surface area contributed by atoms with Crippen LogP contribution in [0.15, 0.2) is 0 Å². The first-order valence-electron chi connectivity index (χ1n) is 3.23. The average molecular weight is 250 g/mol. The van der Waals surface area contributed by atoms with Gasteiger partial charge in [-0.3, -0.25) is 0 Å². The molecule has 0 radical (unpaired) electrons. The van der Waals surface area contributed by atoms with E-state index in [1.54, 1.807) is 0 Å². The largest absolute Gasteiger partial charge is 0.476 e. The van der Waals surface area contributed by atoms with Crippen molar-refractivity contribution in [3.8, 4) is 5.88 Å². The van der Waals surface area contributed by atoms with Gasteiger partial charge in [0.05, 0.1) is 12.3 Å². The van der Waals surface area contributed by atoms with Crippen LogP contribution in [0.25, 0.3) is 0 Å². The van der Waals surface area contributed by atoms with Crippen LogP contribution in [0.5, 0.6) is 5.88 Å². The van der Waals surface area contributed by atoms with Crippen LogP contribution in [0.2, 0.25) is 0 Å². The fraction of sp³-hybridized carbons (Fsp3) is 0.500. The molecule has 3 nitrogen and oxygen atoms in total. The lowest BCUT2D eigenvalue weighted by Crippen LogP contribution is -2.07. The Hall–Kier alpha value is -0.260. The molecule has 0 saturated carbocycles. The summed E-state index contributed by atoms with van der Waals surface area (Å²) in [6.45, 7) is 0.813. The van der Waals surface area contributed by atoms with Crippen molar-refractivity contribution in [3.05, 3.63) is 9.53 Å². The van der Waals surface area contributed by atoms with Crippen LogP contribution < -0.4 is 4.74 Å². The van der Waals surface area contributed by atoms with Gasteiger partial charge < -0.3 is 9.72 Å². The number of aromatic nitrogens is 2. The molecule has 0 aromatic carbocycles. The van der Waals surface area contributed by atoms with Crippen LogP contribution in [-0.4, -0.2) is 16.6 Å². The summed E-state index contributed by atoms with van der Waals surface area (Å²) in [5.41, 5.74) is 1.15. The van der Waals surface area contributed by atoms with Gasteiger partial charge in [0.25, 0.3) is 0 Å². The number of H-pyrrole nitrogens is 1. The molecule has 0 amide bonds. The molecule has 0 fully saturated rings. The molecule has 0 atom stereocenters. The predicted octanol–water partition coefficient (Wildman–Crippen LogP) is 1.34. The molecule has 0 spiro atoms. The van der Waals surface area contributed by atoms with E-state index in [4.69, 9.17) is 4.74 Å². The lowest BCUT2D eigenvalue weighted by molar-refractivity contribution is 0.277. The van der Waals surface area contributed by atoms with Gasteiger partial charge in [0.1, 0.15) is 0 Å². The minimum atomic E-state index is 0.802. The third-order valence-electron chi connectivity index (χ3n) is 1.52. The third kappa shape index (κ3) is 1.00. The summed E-state index contributed by atoms with van der Waals surface area (Å²) in [6.07, 6.45) is 2.18. The van der Waals surface area contributed by atoms with Crippen LogP contribution >= 0.6 is 22.6 Å². The van der Waals surface area contributed by atoms with Crippen molar-refractivity contribution >= 4 is 22.6 Å². The lowest BCUT2D eigenvalue weighted by atomic mass is 10.2. The Morgan fingerprint density at radius 1 is 1.60 bits per heavy atom. The van der Waals surface area contributed by atoms with E-state index in [0.717, 1.165) is 34.9 Å². The van der Waals surface area contributed by atoms with Gasteiger partial charge in [-0.1, -0.05) is 0 Å². The Balaban J connectivity index is 2.41. The van der Waals surface area contributed by atoms with Crippen LogP contribution in [0.4, 0.5) is 0 Å². The molecule has 1 aromatic rings. The number of halogens is 1. The Kier molecular flexibility index (Phi) is 1.55. The van der Waals surface area contributed by atoms with Crippen molar-refractivity contribution in [1.29, 1.82) is 0 Å². The summed E-state index contributed by atoms with van der Waals surface area (Å²) >= 11 is 2.15. The highest BCUT2D eigenvalue weighted by Gasteiger charge is 2.13. The molecular formula is C6H7IN2O. The molecule has 0 unspecified atom stereocenters. The first kappa shape index (κ1) is 6.45. The molecule has 4 heteroatoms. The van der Waals surface area contributed by atoms with Crippen molar-refractivity contribution in [1.82, 2.24) is 9.97 Å². The molecular weight excluding hydrogens is 243 g/mol. The second-order valence-electron chi connectivity index (χ2n) is 2.26. The highest BCUT2D eigenvalue weighted by atomic mass is 127. The molecule has 2 heterocycles. The Morgan fingerprint density at radius 3 is 3.30 bits per heavy atom. The molecule has 2 rings (SSSR count). The molecule has 10 heavy (non-hydrogen) atoms. The van der Waals surface area contributed by atoms with Gasteiger partial charge in [-0.15, -0.1) is 0 Å². The SMILES string of the molecule is Ic1nc2c([nH]1)CCCO2. The second-order valence-corrected chi connectivity index (χ2v) is 3.29. The number of rotatable bonds is 0. The van der Waals surface area contributed by atoms with Gasteiger partial charge in [0.2, 0.25) is 5.88 Å². The predicted molar refractivity (Wildman–Crippen MR) is 45.1 cm³/mol. The topological polar surface area (TPSA) is 37.9 Å². The maximum Gasteiger partial charge on any atom is 0.235 e. The number of aryl methyl sites for hydroxylation is 1. The number of aromatic amines is 1. The van der Waals surface area contributed by atoms with Gasteiger partial charge in [-0.2, -0.15) is 4.98 Å². The molecule has 0 aliphatic carbocycles. The summed E-state index contributed by atoms with van der Waals surface area (Å²) in [5.74, 6) is 0.802. The van der Waals surface area contributed by atoms with E-state index >= 15 is 0 Å². The zero-order valence-electron chi connectivity index (χ0n) is 5.35. The van der Waals surface area contributed by atoms with E-state index < -0.39 is 0 Å². The fourth-order valence-corrected chi connectivity index (χ4v) is 1.61. The van der Waals surface area contributed by atoms with E-state index in [1.165, 1.54) is 0 Å². The van der Waals surface area contributed by atoms with Gasteiger partial charge in [0.15, 0.2) is 3.83 Å². The molecule has 0 bridgehead atoms. The normalized spacial score (nSPS) is 16.1. The van der Waals surface area contributed by atoms with E-state index in [0.29, 0.717) is 0 Å². The number of hydrogen-bond acceptors (Lipinski definition) is 2. The van der Waals surface area contributed by atoms with E-state index in [-0.39, 0.29) is 0 Å². The minimum absolute atomic E-state index is 0.802. The van der Waals surface area contributed by atoms with Gasteiger partial charge in [0, 0.05) is 0 Å². The summed E-state index contributed by atoms with van der Waals surface area (Å²) in [6, 6.07) is 0. The maximum atomic E-state index is 5.30. The molecule has 1 N–H and O–H groups in total. The van der Waals surface area contributed by atoms with Gasteiger partial charge in [-0.25, -0.2) is 0 Å². The van der Waals surface area contributed by atoms with E-state index in [2.05, 4.69) is 32.6 Å². The van der Waals surface area contributed by atoms with Crippen LogP contribution in [-0.2, 0) is 6.42 Å². The van der Waals surface area contributed by atoms with E-state index in [1.807, 2.05) is 0 Å². The number of nitrogens with zero attached hydrogens (tertiary/aromatic N) is 1. The summed E-state index contributed by atoms with van der Waals surface area (Å²) < 4.78 is 6.22. The highest BCUT2D eigenvalue weighted by molar-refractivity contribution is 14.1. The number of ether oxygens (including phenoxy) is 1. The maximum absolute atomic E-state index is 5.30. The molecule has 54 valence electrons. The monoisotopic (exact) mass is 250 g/mol. The standard InChI is InChI=1S/C6H7IN2O/c7-6-8-4-2-1-3-10-5(4)9-6/h1-3H2,(H,8,9).